The molecule has 134 valence electrons. The SMILES string of the molecule is Cc1ccc([C@@H](CNC(=O)N(CCO)C2CC2)N2CCOCC2)o1. The van der Waals surface area contributed by atoms with Crippen LogP contribution in [-0.2, 0) is 4.74 Å². The number of carbonyl (C=O) groups is 1. The van der Waals surface area contributed by atoms with E-state index in [2.05, 4.69) is 10.2 Å². The molecule has 2 N–H and O–H groups in total. The Kier molecular flexibility index (Phi) is 5.76. The molecular formula is C17H27N3O4. The number of aliphatic hydroxyl groups excluding tert-OH is 1. The van der Waals surface area contributed by atoms with Crippen molar-refractivity contribution < 1.29 is 19.1 Å². The third-order valence-electron chi connectivity index (χ3n) is 4.61. The summed E-state index contributed by atoms with van der Waals surface area (Å²) in [7, 11) is 0. The van der Waals surface area contributed by atoms with Crippen LogP contribution in [0, 0.1) is 6.92 Å². The largest absolute Gasteiger partial charge is 0.465 e. The predicted octanol–water partition coefficient (Wildman–Crippen LogP) is 1.13. The van der Waals surface area contributed by atoms with Gasteiger partial charge in [0, 0.05) is 32.2 Å². The summed E-state index contributed by atoms with van der Waals surface area (Å²) in [5, 5.41) is 12.2. The van der Waals surface area contributed by atoms with Crippen molar-refractivity contribution in [3.63, 3.8) is 0 Å². The molecule has 7 heteroatoms. The summed E-state index contributed by atoms with van der Waals surface area (Å²) in [4.78, 5) is 16.5. The van der Waals surface area contributed by atoms with Crippen LogP contribution in [0.1, 0.15) is 30.4 Å². The van der Waals surface area contributed by atoms with Gasteiger partial charge in [0.25, 0.3) is 0 Å². The summed E-state index contributed by atoms with van der Waals surface area (Å²) in [6.07, 6.45) is 2.05. The zero-order valence-electron chi connectivity index (χ0n) is 14.2. The van der Waals surface area contributed by atoms with Gasteiger partial charge in [0.2, 0.25) is 0 Å². The maximum absolute atomic E-state index is 12.5. The molecule has 0 bridgehead atoms. The summed E-state index contributed by atoms with van der Waals surface area (Å²) in [5.41, 5.74) is 0. The maximum atomic E-state index is 12.5. The van der Waals surface area contributed by atoms with Crippen molar-refractivity contribution in [1.82, 2.24) is 15.1 Å². The number of urea groups is 1. The van der Waals surface area contributed by atoms with E-state index >= 15 is 0 Å². The van der Waals surface area contributed by atoms with Gasteiger partial charge in [-0.3, -0.25) is 4.90 Å². The number of furan rings is 1. The molecule has 2 amide bonds. The molecule has 1 aliphatic heterocycles. The van der Waals surface area contributed by atoms with Gasteiger partial charge in [-0.15, -0.1) is 0 Å². The molecule has 1 aliphatic carbocycles. The molecule has 0 spiro atoms. The van der Waals surface area contributed by atoms with Gasteiger partial charge in [0.05, 0.1) is 25.9 Å². The first-order valence-corrected chi connectivity index (χ1v) is 8.72. The Bertz CT molecular complexity index is 538. The Hall–Kier alpha value is -1.57. The quantitative estimate of drug-likeness (QED) is 0.780. The van der Waals surface area contributed by atoms with Crippen molar-refractivity contribution in [2.24, 2.45) is 0 Å². The Morgan fingerprint density at radius 1 is 1.42 bits per heavy atom. The van der Waals surface area contributed by atoms with E-state index in [0.717, 1.165) is 37.5 Å². The lowest BCUT2D eigenvalue weighted by atomic mass is 10.1. The Labute approximate surface area is 142 Å². The van der Waals surface area contributed by atoms with Crippen LogP contribution in [0.3, 0.4) is 0 Å². The van der Waals surface area contributed by atoms with Gasteiger partial charge >= 0.3 is 6.03 Å². The van der Waals surface area contributed by atoms with Gasteiger partial charge in [-0.25, -0.2) is 4.79 Å². The predicted molar refractivity (Wildman–Crippen MR) is 88.8 cm³/mol. The maximum Gasteiger partial charge on any atom is 0.317 e. The van der Waals surface area contributed by atoms with Crippen LogP contribution in [-0.4, -0.2) is 73.0 Å². The van der Waals surface area contributed by atoms with Crippen LogP contribution < -0.4 is 5.32 Å². The molecule has 1 aromatic heterocycles. The number of nitrogens with zero attached hydrogens (tertiary/aromatic N) is 2. The Balaban J connectivity index is 1.63. The van der Waals surface area contributed by atoms with Gasteiger partial charge < -0.3 is 24.5 Å². The van der Waals surface area contributed by atoms with Gasteiger partial charge in [0.1, 0.15) is 11.5 Å². The Morgan fingerprint density at radius 2 is 2.17 bits per heavy atom. The summed E-state index contributed by atoms with van der Waals surface area (Å²) in [6, 6.07) is 4.11. The molecule has 2 fully saturated rings. The highest BCUT2D eigenvalue weighted by Gasteiger charge is 2.33. The standard InChI is InChI=1S/C17H27N3O4/c1-13-2-5-16(24-13)15(19-7-10-23-11-8-19)12-18-17(22)20(6-9-21)14-3-4-14/h2,5,14-15,21H,3-4,6-12H2,1H3,(H,18,22)/t15-/m1/s1. The highest BCUT2D eigenvalue weighted by molar-refractivity contribution is 5.75. The van der Waals surface area contributed by atoms with E-state index in [1.54, 1.807) is 4.90 Å². The van der Waals surface area contributed by atoms with E-state index in [1.165, 1.54) is 0 Å². The molecule has 0 aromatic carbocycles. The Morgan fingerprint density at radius 3 is 2.75 bits per heavy atom. The lowest BCUT2D eigenvalue weighted by molar-refractivity contribution is 0.0118. The third-order valence-corrected chi connectivity index (χ3v) is 4.61. The van der Waals surface area contributed by atoms with Gasteiger partial charge in [0.15, 0.2) is 0 Å². The average Bonchev–Trinajstić information content (AvgIpc) is 3.35. The van der Waals surface area contributed by atoms with Crippen molar-refractivity contribution in [3.8, 4) is 0 Å². The van der Waals surface area contributed by atoms with E-state index < -0.39 is 0 Å². The van der Waals surface area contributed by atoms with Crippen LogP contribution in [0.5, 0.6) is 0 Å². The summed E-state index contributed by atoms with van der Waals surface area (Å²) in [6.45, 7) is 5.83. The van der Waals surface area contributed by atoms with E-state index in [9.17, 15) is 4.79 Å². The number of hydrogen-bond acceptors (Lipinski definition) is 5. The van der Waals surface area contributed by atoms with E-state index in [1.807, 2.05) is 19.1 Å². The minimum atomic E-state index is -0.104. The lowest BCUT2D eigenvalue weighted by Gasteiger charge is -2.34. The van der Waals surface area contributed by atoms with Crippen molar-refractivity contribution in [2.45, 2.75) is 31.8 Å². The van der Waals surface area contributed by atoms with Crippen molar-refractivity contribution in [2.75, 3.05) is 46.0 Å². The first kappa shape index (κ1) is 17.3. The number of aliphatic hydroxyl groups is 1. The first-order chi connectivity index (χ1) is 11.7. The topological polar surface area (TPSA) is 78.2 Å². The minimum Gasteiger partial charge on any atom is -0.465 e. The lowest BCUT2D eigenvalue weighted by Crippen LogP contribution is -2.48. The van der Waals surface area contributed by atoms with Crippen LogP contribution in [0.2, 0.25) is 0 Å². The molecule has 0 unspecified atom stereocenters. The van der Waals surface area contributed by atoms with Gasteiger partial charge in [-0.05, 0) is 31.9 Å². The summed E-state index contributed by atoms with van der Waals surface area (Å²) >= 11 is 0. The number of aryl methyl sites for hydroxylation is 1. The second-order valence-electron chi connectivity index (χ2n) is 6.45. The minimum absolute atomic E-state index is 0.00160. The second kappa shape index (κ2) is 8.00. The van der Waals surface area contributed by atoms with Crippen molar-refractivity contribution >= 4 is 6.03 Å². The van der Waals surface area contributed by atoms with E-state index in [-0.39, 0.29) is 24.7 Å². The number of amides is 2. The molecule has 1 saturated carbocycles. The number of ether oxygens (including phenoxy) is 1. The van der Waals surface area contributed by atoms with Crippen LogP contribution in [0.15, 0.2) is 16.5 Å². The molecule has 2 aliphatic rings. The fourth-order valence-electron chi connectivity index (χ4n) is 3.16. The fourth-order valence-corrected chi connectivity index (χ4v) is 3.16. The molecule has 24 heavy (non-hydrogen) atoms. The molecule has 1 saturated heterocycles. The van der Waals surface area contributed by atoms with Crippen molar-refractivity contribution in [3.05, 3.63) is 23.7 Å². The molecule has 2 heterocycles. The molecule has 7 nitrogen and oxygen atoms in total. The molecule has 1 aromatic rings. The first-order valence-electron chi connectivity index (χ1n) is 8.72. The van der Waals surface area contributed by atoms with Crippen LogP contribution >= 0.6 is 0 Å². The van der Waals surface area contributed by atoms with Gasteiger partial charge in [-0.2, -0.15) is 0 Å². The van der Waals surface area contributed by atoms with E-state index in [4.69, 9.17) is 14.3 Å². The second-order valence-corrected chi connectivity index (χ2v) is 6.45. The number of hydrogen-bond donors (Lipinski definition) is 2. The number of nitrogens with one attached hydrogen (secondary N) is 1. The molecule has 1 atom stereocenters. The van der Waals surface area contributed by atoms with Gasteiger partial charge in [-0.1, -0.05) is 0 Å². The normalized spacial score (nSPS) is 19.9. The van der Waals surface area contributed by atoms with Crippen LogP contribution in [0.25, 0.3) is 0 Å². The zero-order valence-corrected chi connectivity index (χ0v) is 14.2. The average molecular weight is 337 g/mol. The van der Waals surface area contributed by atoms with Crippen molar-refractivity contribution in [1.29, 1.82) is 0 Å². The number of carbonyl (C=O) groups excluding carboxylic acids is 1. The number of rotatable bonds is 7. The summed E-state index contributed by atoms with van der Waals surface area (Å²) in [5.74, 6) is 1.74. The molecule has 3 rings (SSSR count). The van der Waals surface area contributed by atoms with Crippen LogP contribution in [0.4, 0.5) is 4.79 Å². The highest BCUT2D eigenvalue weighted by Crippen LogP contribution is 2.27. The smallest absolute Gasteiger partial charge is 0.317 e. The summed E-state index contributed by atoms with van der Waals surface area (Å²) < 4.78 is 11.2. The number of morpholine rings is 1. The highest BCUT2D eigenvalue weighted by atomic mass is 16.5. The van der Waals surface area contributed by atoms with E-state index in [0.29, 0.717) is 26.3 Å². The zero-order chi connectivity index (χ0) is 16.9. The fraction of sp³-hybridized carbons (Fsp3) is 0.706. The molecule has 0 radical (unpaired) electrons. The monoisotopic (exact) mass is 337 g/mol. The molecular weight excluding hydrogens is 310 g/mol. The third kappa shape index (κ3) is 4.28.